The zero-order chi connectivity index (χ0) is 12.0. The van der Waals surface area contributed by atoms with Crippen molar-refractivity contribution in [2.45, 2.75) is 26.8 Å². The molecule has 0 amide bonds. The van der Waals surface area contributed by atoms with Gasteiger partial charge in [0.25, 0.3) is 5.56 Å². The second-order valence-electron chi connectivity index (χ2n) is 4.10. The molecule has 0 aliphatic carbocycles. The number of nitrogens with zero attached hydrogens (tertiary/aromatic N) is 1. The van der Waals surface area contributed by atoms with E-state index in [0.717, 1.165) is 13.0 Å². The normalized spacial score (nSPS) is 10.9. The molecule has 0 atom stereocenters. The number of hydrogen-bond donors (Lipinski definition) is 1. The molecule has 0 bridgehead atoms. The summed E-state index contributed by atoms with van der Waals surface area (Å²) < 4.78 is 7.72. The van der Waals surface area contributed by atoms with Crippen LogP contribution in [-0.2, 0) is 11.3 Å². The molecule has 0 saturated carbocycles. The summed E-state index contributed by atoms with van der Waals surface area (Å²) >= 11 is 5.01. The van der Waals surface area contributed by atoms with Gasteiger partial charge in [0.1, 0.15) is 0 Å². The van der Waals surface area contributed by atoms with Gasteiger partial charge in [-0.25, -0.2) is 0 Å². The lowest BCUT2D eigenvalue weighted by atomic mass is 10.1. The van der Waals surface area contributed by atoms with Gasteiger partial charge in [0.15, 0.2) is 4.77 Å². The quantitative estimate of drug-likeness (QED) is 0.613. The number of aromatic nitrogens is 2. The van der Waals surface area contributed by atoms with E-state index < -0.39 is 0 Å². The largest absolute Gasteiger partial charge is 0.380 e. The number of H-pyrrole nitrogens is 1. The Morgan fingerprint density at radius 2 is 2.25 bits per heavy atom. The lowest BCUT2D eigenvalue weighted by molar-refractivity contribution is 0.115. The summed E-state index contributed by atoms with van der Waals surface area (Å²) in [6.07, 6.45) is 2.75. The van der Waals surface area contributed by atoms with Crippen LogP contribution in [-0.4, -0.2) is 22.8 Å². The van der Waals surface area contributed by atoms with Crippen molar-refractivity contribution in [1.82, 2.24) is 9.55 Å². The molecule has 16 heavy (non-hydrogen) atoms. The number of ether oxygens (including phenoxy) is 1. The minimum atomic E-state index is -0.165. The van der Waals surface area contributed by atoms with Gasteiger partial charge >= 0.3 is 0 Å². The molecule has 1 heterocycles. The van der Waals surface area contributed by atoms with Crippen LogP contribution in [0.15, 0.2) is 17.1 Å². The lowest BCUT2D eigenvalue weighted by Gasteiger charge is -2.08. The van der Waals surface area contributed by atoms with Gasteiger partial charge in [0.2, 0.25) is 0 Å². The Kier molecular flexibility index (Phi) is 5.42. The van der Waals surface area contributed by atoms with Crippen molar-refractivity contribution in [3.8, 4) is 0 Å². The van der Waals surface area contributed by atoms with Gasteiger partial charge in [-0.15, -0.1) is 0 Å². The maximum Gasteiger partial charge on any atom is 0.251 e. The first kappa shape index (κ1) is 13.1. The van der Waals surface area contributed by atoms with Crippen molar-refractivity contribution < 1.29 is 4.74 Å². The summed E-state index contributed by atoms with van der Waals surface area (Å²) in [6, 6.07) is 1.46. The summed E-state index contributed by atoms with van der Waals surface area (Å²) in [5, 5.41) is 0. The highest BCUT2D eigenvalue weighted by molar-refractivity contribution is 7.71. The molecule has 0 unspecified atom stereocenters. The summed E-state index contributed by atoms with van der Waals surface area (Å²) in [4.78, 5) is 13.5. The van der Waals surface area contributed by atoms with Gasteiger partial charge in [-0.2, -0.15) is 0 Å². The van der Waals surface area contributed by atoms with E-state index in [1.807, 2.05) is 0 Å². The minimum absolute atomic E-state index is 0.165. The van der Waals surface area contributed by atoms with Gasteiger partial charge in [-0.1, -0.05) is 13.8 Å². The SMILES string of the molecule is CC(C)CCOCCn1ccc(=O)[nH]c1=S. The van der Waals surface area contributed by atoms with E-state index in [1.54, 1.807) is 10.8 Å². The van der Waals surface area contributed by atoms with Gasteiger partial charge in [0, 0.05) is 25.4 Å². The second kappa shape index (κ2) is 6.60. The van der Waals surface area contributed by atoms with Crippen LogP contribution in [0.4, 0.5) is 0 Å². The van der Waals surface area contributed by atoms with Crippen molar-refractivity contribution in [1.29, 1.82) is 0 Å². The molecule has 0 aliphatic heterocycles. The summed E-state index contributed by atoms with van der Waals surface area (Å²) in [5.74, 6) is 0.662. The number of hydrogen-bond acceptors (Lipinski definition) is 3. The molecule has 0 spiro atoms. The first-order chi connectivity index (χ1) is 7.59. The maximum atomic E-state index is 10.9. The van der Waals surface area contributed by atoms with Crippen molar-refractivity contribution >= 4 is 12.2 Å². The van der Waals surface area contributed by atoms with Crippen LogP contribution in [0.5, 0.6) is 0 Å². The Morgan fingerprint density at radius 3 is 2.88 bits per heavy atom. The van der Waals surface area contributed by atoms with E-state index in [-0.39, 0.29) is 5.56 Å². The number of nitrogens with one attached hydrogen (secondary N) is 1. The Hall–Kier alpha value is -0.940. The number of aromatic amines is 1. The average molecular weight is 242 g/mol. The molecular formula is C11H18N2O2S. The Morgan fingerprint density at radius 1 is 1.50 bits per heavy atom. The van der Waals surface area contributed by atoms with E-state index in [2.05, 4.69) is 18.8 Å². The molecule has 90 valence electrons. The van der Waals surface area contributed by atoms with E-state index in [9.17, 15) is 4.79 Å². The predicted octanol–water partition coefficient (Wildman–Crippen LogP) is 1.97. The maximum absolute atomic E-state index is 10.9. The van der Waals surface area contributed by atoms with Crippen molar-refractivity contribution in [3.05, 3.63) is 27.4 Å². The van der Waals surface area contributed by atoms with Crippen LogP contribution in [0.1, 0.15) is 20.3 Å². The van der Waals surface area contributed by atoms with Crippen LogP contribution in [0.25, 0.3) is 0 Å². The Balaban J connectivity index is 2.32. The molecule has 0 saturated heterocycles. The molecular weight excluding hydrogens is 224 g/mol. The third-order valence-electron chi connectivity index (χ3n) is 2.21. The fourth-order valence-corrected chi connectivity index (χ4v) is 1.46. The molecule has 1 rings (SSSR count). The van der Waals surface area contributed by atoms with Crippen LogP contribution in [0, 0.1) is 10.7 Å². The first-order valence-electron chi connectivity index (χ1n) is 5.47. The van der Waals surface area contributed by atoms with E-state index in [4.69, 9.17) is 17.0 Å². The molecule has 1 N–H and O–H groups in total. The van der Waals surface area contributed by atoms with Crippen LogP contribution in [0.3, 0.4) is 0 Å². The fourth-order valence-electron chi connectivity index (χ4n) is 1.20. The summed E-state index contributed by atoms with van der Waals surface area (Å²) in [7, 11) is 0. The zero-order valence-electron chi connectivity index (χ0n) is 9.73. The molecule has 1 aromatic heterocycles. The molecule has 4 nitrogen and oxygen atoms in total. The molecule has 0 radical (unpaired) electrons. The highest BCUT2D eigenvalue weighted by atomic mass is 32.1. The zero-order valence-corrected chi connectivity index (χ0v) is 10.5. The molecule has 0 aromatic carbocycles. The minimum Gasteiger partial charge on any atom is -0.380 e. The highest BCUT2D eigenvalue weighted by Gasteiger charge is 1.96. The third kappa shape index (κ3) is 4.72. The number of rotatable bonds is 6. The predicted molar refractivity (Wildman–Crippen MR) is 66.2 cm³/mol. The van der Waals surface area contributed by atoms with Crippen LogP contribution in [0.2, 0.25) is 0 Å². The van der Waals surface area contributed by atoms with Crippen LogP contribution < -0.4 is 5.56 Å². The van der Waals surface area contributed by atoms with E-state index >= 15 is 0 Å². The fraction of sp³-hybridized carbons (Fsp3) is 0.636. The standard InChI is InChI=1S/C11H18N2O2S/c1-9(2)4-7-15-8-6-13-5-3-10(14)12-11(13)16/h3,5,9H,4,6-8H2,1-2H3,(H,12,14,16). The van der Waals surface area contributed by atoms with E-state index in [0.29, 0.717) is 23.8 Å². The molecule has 0 fully saturated rings. The Bertz CT molecular complexity index is 422. The van der Waals surface area contributed by atoms with Gasteiger partial charge in [-0.3, -0.25) is 9.78 Å². The van der Waals surface area contributed by atoms with Crippen molar-refractivity contribution in [3.63, 3.8) is 0 Å². The monoisotopic (exact) mass is 242 g/mol. The first-order valence-corrected chi connectivity index (χ1v) is 5.88. The Labute approximate surface area is 100 Å². The van der Waals surface area contributed by atoms with Crippen molar-refractivity contribution in [2.24, 2.45) is 5.92 Å². The van der Waals surface area contributed by atoms with E-state index in [1.165, 1.54) is 6.07 Å². The second-order valence-corrected chi connectivity index (χ2v) is 4.49. The van der Waals surface area contributed by atoms with Gasteiger partial charge in [0.05, 0.1) is 6.61 Å². The van der Waals surface area contributed by atoms with Gasteiger partial charge < -0.3 is 9.30 Å². The topological polar surface area (TPSA) is 47.0 Å². The third-order valence-corrected chi connectivity index (χ3v) is 2.55. The summed E-state index contributed by atoms with van der Waals surface area (Å²) in [5.41, 5.74) is -0.165. The lowest BCUT2D eigenvalue weighted by Crippen LogP contribution is -2.14. The van der Waals surface area contributed by atoms with Gasteiger partial charge in [-0.05, 0) is 24.6 Å². The highest BCUT2D eigenvalue weighted by Crippen LogP contribution is 1.98. The molecule has 5 heteroatoms. The van der Waals surface area contributed by atoms with Crippen molar-refractivity contribution in [2.75, 3.05) is 13.2 Å². The smallest absolute Gasteiger partial charge is 0.251 e. The molecule has 1 aromatic rings. The molecule has 0 aliphatic rings. The average Bonchev–Trinajstić information content (AvgIpc) is 2.20. The van der Waals surface area contributed by atoms with Crippen LogP contribution >= 0.6 is 12.2 Å². The summed E-state index contributed by atoms with van der Waals surface area (Å²) in [6.45, 7) is 6.40.